The summed E-state index contributed by atoms with van der Waals surface area (Å²) in [5, 5.41) is 6.78. The van der Waals surface area contributed by atoms with E-state index in [1.807, 2.05) is 0 Å². The molecule has 0 aromatic rings. The van der Waals surface area contributed by atoms with E-state index < -0.39 is 9.84 Å². The molecule has 1 saturated heterocycles. The lowest BCUT2D eigenvalue weighted by atomic mass is 9.85. The zero-order valence-corrected chi connectivity index (χ0v) is 16.2. The quantitative estimate of drug-likeness (QED) is 0.543. The molecule has 1 saturated carbocycles. The van der Waals surface area contributed by atoms with Crippen molar-refractivity contribution in [3.05, 3.63) is 0 Å². The van der Waals surface area contributed by atoms with Gasteiger partial charge in [-0.1, -0.05) is 32.1 Å². The van der Waals surface area contributed by atoms with E-state index in [2.05, 4.69) is 29.5 Å². The highest BCUT2D eigenvalue weighted by molar-refractivity contribution is 7.91. The second-order valence-electron chi connectivity index (χ2n) is 7.62. The van der Waals surface area contributed by atoms with E-state index in [0.717, 1.165) is 24.8 Å². The first kappa shape index (κ1) is 19.5. The van der Waals surface area contributed by atoms with Crippen molar-refractivity contribution < 1.29 is 8.42 Å². The van der Waals surface area contributed by atoms with Gasteiger partial charge in [-0.3, -0.25) is 4.99 Å². The minimum Gasteiger partial charge on any atom is -0.357 e. The monoisotopic (exact) mass is 357 g/mol. The molecule has 2 rings (SSSR count). The van der Waals surface area contributed by atoms with Crippen LogP contribution in [0.4, 0.5) is 0 Å². The van der Waals surface area contributed by atoms with E-state index in [1.54, 1.807) is 0 Å². The third-order valence-electron chi connectivity index (χ3n) is 5.29. The fourth-order valence-corrected chi connectivity index (χ4v) is 5.67. The van der Waals surface area contributed by atoms with Gasteiger partial charge in [-0.05, 0) is 44.9 Å². The standard InChI is InChI=1S/C18H35N3O2S/c1-3-19-18(20-13-17-11-12-24(22,23)14-17)21-15(2)9-10-16-7-5-4-6-8-16/h15-17H,3-14H2,1-2H3,(H2,19,20,21). The molecule has 140 valence electrons. The predicted molar refractivity (Wildman–Crippen MR) is 101 cm³/mol. The first-order valence-electron chi connectivity index (χ1n) is 9.73. The van der Waals surface area contributed by atoms with Gasteiger partial charge >= 0.3 is 0 Å². The minimum atomic E-state index is -2.81. The molecule has 0 spiro atoms. The van der Waals surface area contributed by atoms with E-state index in [1.165, 1.54) is 44.9 Å². The Hall–Kier alpha value is -0.780. The zero-order chi connectivity index (χ0) is 17.4. The van der Waals surface area contributed by atoms with Crippen LogP contribution in [0, 0.1) is 11.8 Å². The van der Waals surface area contributed by atoms with Crippen molar-refractivity contribution in [1.82, 2.24) is 10.6 Å². The molecule has 1 aliphatic carbocycles. The largest absolute Gasteiger partial charge is 0.357 e. The summed E-state index contributed by atoms with van der Waals surface area (Å²) in [5.41, 5.74) is 0. The molecular weight excluding hydrogens is 322 g/mol. The Morgan fingerprint density at radius 2 is 1.92 bits per heavy atom. The van der Waals surface area contributed by atoms with Crippen LogP contribution >= 0.6 is 0 Å². The number of rotatable bonds is 7. The number of nitrogens with one attached hydrogen (secondary N) is 2. The summed E-state index contributed by atoms with van der Waals surface area (Å²) in [6.07, 6.45) is 10.2. The first-order chi connectivity index (χ1) is 11.5. The average molecular weight is 358 g/mol. The molecule has 0 aromatic heterocycles. The highest BCUT2D eigenvalue weighted by Crippen LogP contribution is 2.27. The third-order valence-corrected chi connectivity index (χ3v) is 7.13. The van der Waals surface area contributed by atoms with Crippen molar-refractivity contribution in [2.24, 2.45) is 16.8 Å². The Balaban J connectivity index is 1.75. The van der Waals surface area contributed by atoms with E-state index >= 15 is 0 Å². The van der Waals surface area contributed by atoms with Crippen molar-refractivity contribution in [3.63, 3.8) is 0 Å². The molecule has 1 heterocycles. The van der Waals surface area contributed by atoms with Crippen LogP contribution in [-0.2, 0) is 9.84 Å². The van der Waals surface area contributed by atoms with Crippen molar-refractivity contribution in [2.45, 2.75) is 71.3 Å². The van der Waals surface area contributed by atoms with Crippen molar-refractivity contribution in [3.8, 4) is 0 Å². The fraction of sp³-hybridized carbons (Fsp3) is 0.944. The molecule has 24 heavy (non-hydrogen) atoms. The summed E-state index contributed by atoms with van der Waals surface area (Å²) >= 11 is 0. The molecule has 2 fully saturated rings. The maximum Gasteiger partial charge on any atom is 0.191 e. The maximum absolute atomic E-state index is 11.5. The molecular formula is C18H35N3O2S. The maximum atomic E-state index is 11.5. The summed E-state index contributed by atoms with van der Waals surface area (Å²) in [5.74, 6) is 2.55. The van der Waals surface area contributed by atoms with Crippen LogP contribution in [0.15, 0.2) is 4.99 Å². The molecule has 0 bridgehead atoms. The molecule has 0 radical (unpaired) electrons. The Bertz CT molecular complexity index is 498. The van der Waals surface area contributed by atoms with E-state index in [4.69, 9.17) is 0 Å². The topological polar surface area (TPSA) is 70.6 Å². The first-order valence-corrected chi connectivity index (χ1v) is 11.6. The lowest BCUT2D eigenvalue weighted by molar-refractivity contribution is 0.322. The highest BCUT2D eigenvalue weighted by atomic mass is 32.2. The number of hydrogen-bond acceptors (Lipinski definition) is 3. The summed E-state index contributed by atoms with van der Waals surface area (Å²) in [7, 11) is -2.81. The van der Waals surface area contributed by atoms with Gasteiger partial charge in [0.05, 0.1) is 11.5 Å². The van der Waals surface area contributed by atoms with Gasteiger partial charge < -0.3 is 10.6 Å². The van der Waals surface area contributed by atoms with Crippen molar-refractivity contribution in [2.75, 3.05) is 24.6 Å². The molecule has 0 aromatic carbocycles. The van der Waals surface area contributed by atoms with E-state index in [9.17, 15) is 8.42 Å². The normalized spacial score (nSPS) is 26.2. The van der Waals surface area contributed by atoms with Gasteiger partial charge in [0.15, 0.2) is 15.8 Å². The molecule has 1 aliphatic heterocycles. The highest BCUT2D eigenvalue weighted by Gasteiger charge is 2.27. The number of hydrogen-bond donors (Lipinski definition) is 2. The summed E-state index contributed by atoms with van der Waals surface area (Å²) in [6, 6.07) is 0.400. The van der Waals surface area contributed by atoms with E-state index in [-0.39, 0.29) is 5.92 Å². The lowest BCUT2D eigenvalue weighted by Gasteiger charge is -2.24. The zero-order valence-electron chi connectivity index (χ0n) is 15.4. The Labute approximate surface area is 148 Å². The van der Waals surface area contributed by atoms with Gasteiger partial charge in [0, 0.05) is 19.1 Å². The van der Waals surface area contributed by atoms with Gasteiger partial charge in [0.25, 0.3) is 0 Å². The summed E-state index contributed by atoms with van der Waals surface area (Å²) in [4.78, 5) is 4.63. The molecule has 2 unspecified atom stereocenters. The summed E-state index contributed by atoms with van der Waals surface area (Å²) < 4.78 is 23.1. The van der Waals surface area contributed by atoms with Gasteiger partial charge in [-0.15, -0.1) is 0 Å². The minimum absolute atomic E-state index is 0.183. The van der Waals surface area contributed by atoms with E-state index in [0.29, 0.717) is 24.1 Å². The number of guanidine groups is 1. The number of sulfone groups is 1. The molecule has 5 nitrogen and oxygen atoms in total. The molecule has 6 heteroatoms. The molecule has 2 N–H and O–H groups in total. The van der Waals surface area contributed by atoms with Crippen LogP contribution in [0.1, 0.15) is 65.2 Å². The van der Waals surface area contributed by atoms with Crippen LogP contribution in [0.5, 0.6) is 0 Å². The molecule has 0 amide bonds. The van der Waals surface area contributed by atoms with Crippen molar-refractivity contribution in [1.29, 1.82) is 0 Å². The van der Waals surface area contributed by atoms with Crippen molar-refractivity contribution >= 4 is 15.8 Å². The Morgan fingerprint density at radius 1 is 1.17 bits per heavy atom. The van der Waals surface area contributed by atoms with Gasteiger partial charge in [0.2, 0.25) is 0 Å². The lowest BCUT2D eigenvalue weighted by Crippen LogP contribution is -2.42. The van der Waals surface area contributed by atoms with Gasteiger partial charge in [0.1, 0.15) is 0 Å². The predicted octanol–water partition coefficient (Wildman–Crippen LogP) is 2.73. The SMILES string of the molecule is CCNC(=NCC1CCS(=O)(=O)C1)NC(C)CCC1CCCCC1. The van der Waals surface area contributed by atoms with Crippen LogP contribution in [0.25, 0.3) is 0 Å². The van der Waals surface area contributed by atoms with Crippen LogP contribution < -0.4 is 10.6 Å². The number of aliphatic imine (C=N–C) groups is 1. The fourth-order valence-electron chi connectivity index (χ4n) is 3.82. The molecule has 2 aliphatic rings. The third kappa shape index (κ3) is 6.99. The van der Waals surface area contributed by atoms with Crippen LogP contribution in [-0.4, -0.2) is 45.0 Å². The van der Waals surface area contributed by atoms with Gasteiger partial charge in [-0.2, -0.15) is 0 Å². The van der Waals surface area contributed by atoms with Gasteiger partial charge in [-0.25, -0.2) is 8.42 Å². The summed E-state index contributed by atoms with van der Waals surface area (Å²) in [6.45, 7) is 5.70. The average Bonchev–Trinajstić information content (AvgIpc) is 2.91. The second-order valence-corrected chi connectivity index (χ2v) is 9.84. The second kappa shape index (κ2) is 9.64. The van der Waals surface area contributed by atoms with Crippen LogP contribution in [0.2, 0.25) is 0 Å². The Morgan fingerprint density at radius 3 is 2.54 bits per heavy atom. The number of nitrogens with zero attached hydrogens (tertiary/aromatic N) is 1. The smallest absolute Gasteiger partial charge is 0.191 e. The Kier molecular flexibility index (Phi) is 7.85. The molecule has 2 atom stereocenters. The van der Waals surface area contributed by atoms with Crippen LogP contribution in [0.3, 0.4) is 0 Å².